The van der Waals surface area contributed by atoms with E-state index in [0.29, 0.717) is 31.1 Å². The Labute approximate surface area is 147 Å². The van der Waals surface area contributed by atoms with E-state index in [9.17, 15) is 13.2 Å². The molecular formula is C15H15BrN2O3S2. The lowest BCUT2D eigenvalue weighted by Crippen LogP contribution is -2.50. The van der Waals surface area contributed by atoms with Crippen molar-refractivity contribution in [1.82, 2.24) is 9.21 Å². The van der Waals surface area contributed by atoms with Crippen molar-refractivity contribution in [2.75, 3.05) is 26.2 Å². The van der Waals surface area contributed by atoms with E-state index in [2.05, 4.69) is 15.9 Å². The topological polar surface area (TPSA) is 57.7 Å². The van der Waals surface area contributed by atoms with Gasteiger partial charge >= 0.3 is 0 Å². The highest BCUT2D eigenvalue weighted by Gasteiger charge is 2.30. The molecule has 122 valence electrons. The molecule has 1 fully saturated rings. The number of nitrogens with zero attached hydrogens (tertiary/aromatic N) is 2. The highest BCUT2D eigenvalue weighted by molar-refractivity contribution is 9.10. The molecule has 1 amide bonds. The third-order valence-electron chi connectivity index (χ3n) is 3.71. The Bertz CT molecular complexity index is 781. The molecule has 1 aliphatic rings. The van der Waals surface area contributed by atoms with Crippen LogP contribution in [0.3, 0.4) is 0 Å². The van der Waals surface area contributed by atoms with Crippen molar-refractivity contribution in [1.29, 1.82) is 0 Å². The van der Waals surface area contributed by atoms with Gasteiger partial charge in [0, 0.05) is 30.7 Å². The summed E-state index contributed by atoms with van der Waals surface area (Å²) in [6, 6.07) is 10.2. The first-order valence-corrected chi connectivity index (χ1v) is 10.2. The molecule has 1 aromatic heterocycles. The van der Waals surface area contributed by atoms with E-state index < -0.39 is 10.0 Å². The number of carbonyl (C=O) groups excluding carboxylic acids is 1. The van der Waals surface area contributed by atoms with Crippen LogP contribution in [0.15, 0.2) is 51.1 Å². The number of piperazine rings is 1. The quantitative estimate of drug-likeness (QED) is 0.775. The SMILES string of the molecule is O=C(c1cccs1)N1CCN(S(=O)(=O)c2ccc(Br)cc2)CC1. The van der Waals surface area contributed by atoms with Crippen molar-refractivity contribution in [3.05, 3.63) is 51.1 Å². The minimum atomic E-state index is -3.50. The fraction of sp³-hybridized carbons (Fsp3) is 0.267. The second-order valence-electron chi connectivity index (χ2n) is 5.13. The molecule has 0 saturated carbocycles. The van der Waals surface area contributed by atoms with Gasteiger partial charge in [0.15, 0.2) is 0 Å². The van der Waals surface area contributed by atoms with Crippen LogP contribution in [0.4, 0.5) is 0 Å². The van der Waals surface area contributed by atoms with Gasteiger partial charge in [-0.3, -0.25) is 4.79 Å². The number of hydrogen-bond donors (Lipinski definition) is 0. The fourth-order valence-electron chi connectivity index (χ4n) is 2.44. The molecule has 2 heterocycles. The Morgan fingerprint density at radius 1 is 1.04 bits per heavy atom. The van der Waals surface area contributed by atoms with Crippen LogP contribution >= 0.6 is 27.3 Å². The summed E-state index contributed by atoms with van der Waals surface area (Å²) < 4.78 is 27.5. The Morgan fingerprint density at radius 2 is 1.70 bits per heavy atom. The number of sulfonamides is 1. The summed E-state index contributed by atoms with van der Waals surface area (Å²) in [5.41, 5.74) is 0. The Balaban J connectivity index is 1.69. The van der Waals surface area contributed by atoms with Crippen molar-refractivity contribution in [3.8, 4) is 0 Å². The second-order valence-corrected chi connectivity index (χ2v) is 8.93. The minimum absolute atomic E-state index is 0.0271. The molecule has 1 aromatic carbocycles. The van der Waals surface area contributed by atoms with E-state index in [0.717, 1.165) is 4.47 Å². The van der Waals surface area contributed by atoms with Gasteiger partial charge in [0.1, 0.15) is 0 Å². The van der Waals surface area contributed by atoms with Crippen LogP contribution in [0.2, 0.25) is 0 Å². The smallest absolute Gasteiger partial charge is 0.264 e. The van der Waals surface area contributed by atoms with Crippen molar-refractivity contribution < 1.29 is 13.2 Å². The molecule has 23 heavy (non-hydrogen) atoms. The third-order valence-corrected chi connectivity index (χ3v) is 7.01. The van der Waals surface area contributed by atoms with Gasteiger partial charge in [-0.2, -0.15) is 4.31 Å². The van der Waals surface area contributed by atoms with Gasteiger partial charge in [0.2, 0.25) is 10.0 Å². The van der Waals surface area contributed by atoms with E-state index in [4.69, 9.17) is 0 Å². The van der Waals surface area contributed by atoms with Crippen LogP contribution < -0.4 is 0 Å². The first kappa shape index (κ1) is 16.6. The zero-order valence-electron chi connectivity index (χ0n) is 12.2. The molecule has 0 aliphatic carbocycles. The zero-order chi connectivity index (χ0) is 16.4. The van der Waals surface area contributed by atoms with Crippen molar-refractivity contribution in [2.24, 2.45) is 0 Å². The number of carbonyl (C=O) groups is 1. The number of halogens is 1. The maximum absolute atomic E-state index is 12.6. The molecule has 0 radical (unpaired) electrons. The normalized spacial score (nSPS) is 16.5. The van der Waals surface area contributed by atoms with Crippen LogP contribution in [-0.4, -0.2) is 49.7 Å². The van der Waals surface area contributed by atoms with Crippen LogP contribution in [0, 0.1) is 0 Å². The summed E-state index contributed by atoms with van der Waals surface area (Å²) in [7, 11) is -3.50. The standard InChI is InChI=1S/C15H15BrN2O3S2/c16-12-3-5-13(6-4-12)23(20,21)18-9-7-17(8-10-18)15(19)14-2-1-11-22-14/h1-6,11H,7-10H2. The zero-order valence-corrected chi connectivity index (χ0v) is 15.4. The van der Waals surface area contributed by atoms with Crippen molar-refractivity contribution in [3.63, 3.8) is 0 Å². The summed E-state index contributed by atoms with van der Waals surface area (Å²) in [6.45, 7) is 1.45. The first-order chi connectivity index (χ1) is 11.0. The highest BCUT2D eigenvalue weighted by Crippen LogP contribution is 2.21. The van der Waals surface area contributed by atoms with E-state index in [-0.39, 0.29) is 10.8 Å². The monoisotopic (exact) mass is 414 g/mol. The average molecular weight is 415 g/mol. The van der Waals surface area contributed by atoms with Gasteiger partial charge in [-0.15, -0.1) is 11.3 Å². The molecular weight excluding hydrogens is 400 g/mol. The molecule has 3 rings (SSSR count). The molecule has 0 atom stereocenters. The lowest BCUT2D eigenvalue weighted by Gasteiger charge is -2.33. The van der Waals surface area contributed by atoms with Crippen molar-refractivity contribution >= 4 is 43.2 Å². The Morgan fingerprint density at radius 3 is 2.26 bits per heavy atom. The molecule has 1 saturated heterocycles. The fourth-order valence-corrected chi connectivity index (χ4v) is 4.82. The molecule has 2 aromatic rings. The van der Waals surface area contributed by atoms with Gasteiger partial charge in [-0.05, 0) is 35.7 Å². The number of benzene rings is 1. The van der Waals surface area contributed by atoms with E-state index in [1.807, 2.05) is 11.4 Å². The molecule has 0 N–H and O–H groups in total. The lowest BCUT2D eigenvalue weighted by molar-refractivity contribution is 0.0703. The molecule has 5 nitrogen and oxygen atoms in total. The predicted octanol–water partition coefficient (Wildman–Crippen LogP) is 2.66. The number of amides is 1. The molecule has 0 spiro atoms. The number of hydrogen-bond acceptors (Lipinski definition) is 4. The van der Waals surface area contributed by atoms with Gasteiger partial charge < -0.3 is 4.90 Å². The second kappa shape index (κ2) is 6.72. The summed E-state index contributed by atoms with van der Waals surface area (Å²) in [4.78, 5) is 15.0. The Hall–Kier alpha value is -1.22. The van der Waals surface area contributed by atoms with Gasteiger partial charge in [-0.25, -0.2) is 8.42 Å². The molecule has 1 aliphatic heterocycles. The first-order valence-electron chi connectivity index (χ1n) is 7.07. The van der Waals surface area contributed by atoms with E-state index >= 15 is 0 Å². The maximum atomic E-state index is 12.6. The predicted molar refractivity (Wildman–Crippen MR) is 93.1 cm³/mol. The minimum Gasteiger partial charge on any atom is -0.335 e. The summed E-state index contributed by atoms with van der Waals surface area (Å²) in [5.74, 6) is -0.0271. The summed E-state index contributed by atoms with van der Waals surface area (Å²) >= 11 is 4.70. The van der Waals surface area contributed by atoms with E-state index in [1.54, 1.807) is 35.2 Å². The van der Waals surface area contributed by atoms with Crippen molar-refractivity contribution in [2.45, 2.75) is 4.90 Å². The summed E-state index contributed by atoms with van der Waals surface area (Å²) in [5, 5.41) is 1.86. The molecule has 8 heteroatoms. The van der Waals surface area contributed by atoms with Gasteiger partial charge in [0.25, 0.3) is 5.91 Å². The third kappa shape index (κ3) is 3.50. The van der Waals surface area contributed by atoms with Crippen LogP contribution in [0.5, 0.6) is 0 Å². The van der Waals surface area contributed by atoms with Gasteiger partial charge in [0.05, 0.1) is 9.77 Å². The van der Waals surface area contributed by atoms with E-state index in [1.165, 1.54) is 15.6 Å². The number of thiophene rings is 1. The lowest BCUT2D eigenvalue weighted by atomic mass is 10.3. The largest absolute Gasteiger partial charge is 0.335 e. The molecule has 0 bridgehead atoms. The molecule has 0 unspecified atom stereocenters. The Kier molecular flexibility index (Phi) is 4.86. The van der Waals surface area contributed by atoms with Gasteiger partial charge in [-0.1, -0.05) is 22.0 Å². The highest BCUT2D eigenvalue weighted by atomic mass is 79.9. The average Bonchev–Trinajstić information content (AvgIpc) is 3.09. The maximum Gasteiger partial charge on any atom is 0.264 e. The number of rotatable bonds is 3. The summed E-state index contributed by atoms with van der Waals surface area (Å²) in [6.07, 6.45) is 0. The van der Waals surface area contributed by atoms with Crippen LogP contribution in [-0.2, 0) is 10.0 Å². The van der Waals surface area contributed by atoms with Crippen LogP contribution in [0.1, 0.15) is 9.67 Å². The van der Waals surface area contributed by atoms with Crippen LogP contribution in [0.25, 0.3) is 0 Å².